The zero-order valence-corrected chi connectivity index (χ0v) is 21.4. The van der Waals surface area contributed by atoms with Crippen LogP contribution in [0, 0.1) is 17.7 Å². The van der Waals surface area contributed by atoms with Crippen molar-refractivity contribution in [3.8, 4) is 11.4 Å². The normalized spacial score (nSPS) is 20.5. The molecule has 2 fully saturated rings. The number of thiazole rings is 1. The Balaban J connectivity index is 1.39. The quantitative estimate of drug-likeness (QED) is 0.490. The van der Waals surface area contributed by atoms with Gasteiger partial charge in [-0.1, -0.05) is 19.0 Å². The first-order chi connectivity index (χ1) is 17.5. The Bertz CT molecular complexity index is 1240. The number of benzene rings is 1. The first-order valence-corrected chi connectivity index (χ1v) is 13.5. The van der Waals surface area contributed by atoms with Gasteiger partial charge in [-0.25, -0.2) is 9.37 Å². The van der Waals surface area contributed by atoms with Crippen LogP contribution in [0.1, 0.15) is 57.0 Å². The zero-order chi connectivity index (χ0) is 25.2. The largest absolute Gasteiger partial charge is 0.381 e. The topological polar surface area (TPSA) is 97.6 Å². The van der Waals surface area contributed by atoms with E-state index in [2.05, 4.69) is 10.5 Å². The fourth-order valence-electron chi connectivity index (χ4n) is 5.02. The summed E-state index contributed by atoms with van der Waals surface area (Å²) in [5.41, 5.74) is 1.59. The number of aromatic nitrogens is 2. The molecule has 2 aliphatic rings. The summed E-state index contributed by atoms with van der Waals surface area (Å²) in [6.45, 7) is 5.67. The van der Waals surface area contributed by atoms with E-state index in [0.29, 0.717) is 42.1 Å². The molecule has 0 saturated carbocycles. The maximum absolute atomic E-state index is 13.9. The number of nitrogens with one attached hydrogen (secondary N) is 1. The van der Waals surface area contributed by atoms with E-state index < -0.39 is 6.04 Å². The lowest BCUT2D eigenvalue weighted by Gasteiger charge is -2.35. The summed E-state index contributed by atoms with van der Waals surface area (Å²) in [5.74, 6) is -0.609. The van der Waals surface area contributed by atoms with Crippen molar-refractivity contribution in [3.63, 3.8) is 0 Å². The molecule has 3 atom stereocenters. The van der Waals surface area contributed by atoms with Crippen LogP contribution in [-0.4, -0.2) is 52.7 Å². The van der Waals surface area contributed by atoms with Crippen LogP contribution in [0.15, 0.2) is 28.1 Å². The van der Waals surface area contributed by atoms with Gasteiger partial charge in [0.05, 0.1) is 11.4 Å². The van der Waals surface area contributed by atoms with Gasteiger partial charge in [-0.05, 0) is 56.2 Å². The number of hydrogen-bond acceptors (Lipinski definition) is 7. The number of likely N-dealkylation sites (tertiary alicyclic amines) is 1. The van der Waals surface area contributed by atoms with Gasteiger partial charge in [0.1, 0.15) is 28.3 Å². The van der Waals surface area contributed by atoms with Crippen molar-refractivity contribution in [2.45, 2.75) is 58.0 Å². The average Bonchev–Trinajstić information content (AvgIpc) is 3.65. The van der Waals surface area contributed by atoms with E-state index in [0.717, 1.165) is 37.1 Å². The summed E-state index contributed by atoms with van der Waals surface area (Å²) < 4.78 is 24.7. The molecule has 3 aromatic rings. The number of fused-ring (bicyclic) bond motifs is 1. The molecule has 2 aromatic heterocycles. The minimum Gasteiger partial charge on any atom is -0.381 e. The van der Waals surface area contributed by atoms with E-state index in [1.807, 2.05) is 24.1 Å². The van der Waals surface area contributed by atoms with Crippen LogP contribution < -0.4 is 5.32 Å². The molecule has 1 N–H and O–H groups in total. The Morgan fingerprint density at radius 2 is 2.08 bits per heavy atom. The molecular formula is C26H31FN4O4S. The standard InChI is InChI=1S/C26H31FN4O4S/c1-3-15(2)24(32)29-22(16-8-11-34-12-9-16)26(33)31-10-4-5-20(31)25-28-19(14-36-25)23-18-13-17(27)6-7-21(18)35-30-23/h6-7,13-16,20,22H,3-5,8-12H2,1-2H3,(H,29,32)/t15-,20+,22+/m1/s1. The summed E-state index contributed by atoms with van der Waals surface area (Å²) in [4.78, 5) is 33.4. The molecule has 0 unspecified atom stereocenters. The van der Waals surface area contributed by atoms with Crippen LogP contribution in [0.5, 0.6) is 0 Å². The van der Waals surface area contributed by atoms with Crippen LogP contribution >= 0.6 is 11.3 Å². The van der Waals surface area contributed by atoms with Crippen LogP contribution in [-0.2, 0) is 14.3 Å². The lowest BCUT2D eigenvalue weighted by atomic mass is 9.90. The molecule has 36 heavy (non-hydrogen) atoms. The molecule has 2 saturated heterocycles. The van der Waals surface area contributed by atoms with Gasteiger partial charge in [-0.3, -0.25) is 9.59 Å². The third-order valence-electron chi connectivity index (χ3n) is 7.38. The van der Waals surface area contributed by atoms with Gasteiger partial charge in [0, 0.05) is 31.1 Å². The van der Waals surface area contributed by atoms with Crippen molar-refractivity contribution in [2.75, 3.05) is 19.8 Å². The second kappa shape index (κ2) is 10.6. The first-order valence-electron chi connectivity index (χ1n) is 12.7. The van der Waals surface area contributed by atoms with E-state index in [1.54, 1.807) is 6.07 Å². The number of carbonyl (C=O) groups is 2. The second-order valence-electron chi connectivity index (χ2n) is 9.68. The SMILES string of the molecule is CC[C@@H](C)C(=O)N[C@H](C(=O)N1CCC[C@H]1c1nc(-c2noc3ccc(F)cc23)cs1)C1CCOCC1. The highest BCUT2D eigenvalue weighted by Gasteiger charge is 2.40. The number of carbonyl (C=O) groups excluding carboxylic acids is 2. The van der Waals surface area contributed by atoms with E-state index in [1.165, 1.54) is 23.5 Å². The summed E-state index contributed by atoms with van der Waals surface area (Å²) in [5, 5.41) is 10.4. The lowest BCUT2D eigenvalue weighted by molar-refractivity contribution is -0.140. The molecule has 8 nitrogen and oxygen atoms in total. The van der Waals surface area contributed by atoms with Gasteiger partial charge < -0.3 is 19.5 Å². The van der Waals surface area contributed by atoms with Gasteiger partial charge >= 0.3 is 0 Å². The Kier molecular flexibility index (Phi) is 7.34. The second-order valence-corrected chi connectivity index (χ2v) is 10.6. The van der Waals surface area contributed by atoms with Crippen molar-refractivity contribution < 1.29 is 23.2 Å². The van der Waals surface area contributed by atoms with Gasteiger partial charge in [0.25, 0.3) is 0 Å². The summed E-state index contributed by atoms with van der Waals surface area (Å²) in [6.07, 6.45) is 3.87. The minimum absolute atomic E-state index is 0.0451. The fraction of sp³-hybridized carbons (Fsp3) is 0.538. The number of nitrogens with zero attached hydrogens (tertiary/aromatic N) is 3. The predicted octanol–water partition coefficient (Wildman–Crippen LogP) is 4.71. The molecule has 2 amide bonds. The molecule has 192 valence electrons. The van der Waals surface area contributed by atoms with Crippen molar-refractivity contribution in [1.82, 2.24) is 20.4 Å². The number of halogens is 1. The summed E-state index contributed by atoms with van der Waals surface area (Å²) >= 11 is 1.46. The molecule has 5 rings (SSSR count). The molecule has 0 radical (unpaired) electrons. The van der Waals surface area contributed by atoms with E-state index in [9.17, 15) is 14.0 Å². The molecule has 1 aromatic carbocycles. The van der Waals surface area contributed by atoms with E-state index in [-0.39, 0.29) is 35.5 Å². The highest BCUT2D eigenvalue weighted by atomic mass is 32.1. The van der Waals surface area contributed by atoms with Crippen LogP contribution in [0.3, 0.4) is 0 Å². The zero-order valence-electron chi connectivity index (χ0n) is 20.5. The monoisotopic (exact) mass is 514 g/mol. The van der Waals surface area contributed by atoms with Crippen molar-refractivity contribution in [1.29, 1.82) is 0 Å². The van der Waals surface area contributed by atoms with Crippen LogP contribution in [0.4, 0.5) is 4.39 Å². The number of hydrogen-bond donors (Lipinski definition) is 1. The van der Waals surface area contributed by atoms with Crippen molar-refractivity contribution >= 4 is 34.1 Å². The smallest absolute Gasteiger partial charge is 0.246 e. The van der Waals surface area contributed by atoms with E-state index in [4.69, 9.17) is 14.2 Å². The van der Waals surface area contributed by atoms with Gasteiger partial charge in [-0.15, -0.1) is 11.3 Å². The molecule has 4 heterocycles. The molecule has 2 aliphatic heterocycles. The highest BCUT2D eigenvalue weighted by Crippen LogP contribution is 2.38. The maximum Gasteiger partial charge on any atom is 0.246 e. The lowest BCUT2D eigenvalue weighted by Crippen LogP contribution is -2.54. The fourth-order valence-corrected chi connectivity index (χ4v) is 5.97. The Morgan fingerprint density at radius 1 is 1.28 bits per heavy atom. The molecule has 10 heteroatoms. The molecule has 0 spiro atoms. The predicted molar refractivity (Wildman–Crippen MR) is 134 cm³/mol. The van der Waals surface area contributed by atoms with Crippen LogP contribution in [0.2, 0.25) is 0 Å². The number of amides is 2. The summed E-state index contributed by atoms with van der Waals surface area (Å²) in [7, 11) is 0. The third kappa shape index (κ3) is 4.88. The Morgan fingerprint density at radius 3 is 2.86 bits per heavy atom. The van der Waals surface area contributed by atoms with Gasteiger partial charge in [0.2, 0.25) is 11.8 Å². The van der Waals surface area contributed by atoms with Gasteiger partial charge in [0.15, 0.2) is 5.58 Å². The van der Waals surface area contributed by atoms with Gasteiger partial charge in [-0.2, -0.15) is 0 Å². The van der Waals surface area contributed by atoms with Crippen molar-refractivity contribution in [2.24, 2.45) is 11.8 Å². The summed E-state index contributed by atoms with van der Waals surface area (Å²) in [6, 6.07) is 3.53. The first kappa shape index (κ1) is 24.8. The highest BCUT2D eigenvalue weighted by molar-refractivity contribution is 7.10. The average molecular weight is 515 g/mol. The maximum atomic E-state index is 13.9. The van der Waals surface area contributed by atoms with Crippen molar-refractivity contribution in [3.05, 3.63) is 34.4 Å². The molecule has 0 bridgehead atoms. The molecular weight excluding hydrogens is 483 g/mol. The van der Waals surface area contributed by atoms with E-state index >= 15 is 0 Å². The number of rotatable bonds is 7. The minimum atomic E-state index is -0.571. The number of ether oxygens (including phenoxy) is 1. The Labute approximate surface area is 213 Å². The Hall–Kier alpha value is -2.85. The molecule has 0 aliphatic carbocycles. The van der Waals surface area contributed by atoms with Crippen LogP contribution in [0.25, 0.3) is 22.4 Å². The third-order valence-corrected chi connectivity index (χ3v) is 8.32.